The molecule has 0 unspecified atom stereocenters. The summed E-state index contributed by atoms with van der Waals surface area (Å²) < 4.78 is 0. The van der Waals surface area contributed by atoms with Gasteiger partial charge in [0.25, 0.3) is 0 Å². The molecule has 1 aliphatic heterocycles. The minimum atomic E-state index is -0.395. The number of nitrogens with zero attached hydrogens (tertiary/aromatic N) is 2. The van der Waals surface area contributed by atoms with Gasteiger partial charge in [0.05, 0.1) is 16.8 Å². The van der Waals surface area contributed by atoms with Gasteiger partial charge in [0.15, 0.2) is 5.82 Å². The van der Waals surface area contributed by atoms with Crippen molar-refractivity contribution >= 4 is 11.8 Å². The smallest absolute Gasteiger partial charge is 0.160 e. The Balaban J connectivity index is 0.965. The van der Waals surface area contributed by atoms with Crippen LogP contribution in [0.4, 0.5) is 0 Å². The van der Waals surface area contributed by atoms with Gasteiger partial charge in [0, 0.05) is 26.5 Å². The maximum atomic E-state index is 5.27. The highest BCUT2D eigenvalue weighted by atomic mass is 32.2. The maximum Gasteiger partial charge on any atom is 0.160 e. The molecule has 12 rings (SSSR count). The molecule has 0 N–H and O–H groups in total. The summed E-state index contributed by atoms with van der Waals surface area (Å²) in [6, 6.07) is 83.3. The van der Waals surface area contributed by atoms with Crippen LogP contribution in [-0.4, -0.2) is 9.97 Å². The Bertz CT molecular complexity index is 3150. The average Bonchev–Trinajstić information content (AvgIpc) is 3.65. The molecule has 2 nitrogen and oxygen atoms in total. The molecule has 1 spiro atoms. The molecule has 3 heteroatoms. The summed E-state index contributed by atoms with van der Waals surface area (Å²) in [6.07, 6.45) is 0. The van der Waals surface area contributed by atoms with Crippen LogP contribution in [0, 0.1) is 0 Å². The third kappa shape index (κ3) is 5.96. The first-order chi connectivity index (χ1) is 30.7. The third-order valence-corrected chi connectivity index (χ3v) is 13.7. The summed E-state index contributed by atoms with van der Waals surface area (Å²) in [7, 11) is 0. The largest absolute Gasteiger partial charge is 0.228 e. The second-order valence-electron chi connectivity index (χ2n) is 16.1. The first-order valence-corrected chi connectivity index (χ1v) is 22.0. The summed E-state index contributed by atoms with van der Waals surface area (Å²) in [4.78, 5) is 13.1. The van der Waals surface area contributed by atoms with Gasteiger partial charge in [-0.05, 0) is 91.0 Å². The number of fused-ring (bicyclic) bond motifs is 9. The SMILES string of the molecule is c1ccc(-c2ccc(-c3cc(-c4ccc(-c5ccccc5)cc4)nc(-c4cccc(-c5ccc6c(c5)Sc5ccccc5C65c6ccccc6-c6ccccc65)c4)n3)cc2)cc1. The highest BCUT2D eigenvalue weighted by Crippen LogP contribution is 2.62. The van der Waals surface area contributed by atoms with Crippen LogP contribution in [0.2, 0.25) is 0 Å². The monoisotopic (exact) mass is 806 g/mol. The van der Waals surface area contributed by atoms with Crippen LogP contribution in [-0.2, 0) is 5.41 Å². The molecular weight excluding hydrogens is 769 g/mol. The molecule has 0 bridgehead atoms. The second kappa shape index (κ2) is 14.8. The minimum Gasteiger partial charge on any atom is -0.228 e. The van der Waals surface area contributed by atoms with E-state index in [2.05, 4.69) is 231 Å². The number of hydrogen-bond donors (Lipinski definition) is 0. The van der Waals surface area contributed by atoms with Crippen LogP contribution < -0.4 is 0 Å². The Kier molecular flexibility index (Phi) is 8.69. The van der Waals surface area contributed by atoms with Gasteiger partial charge in [0.2, 0.25) is 0 Å². The van der Waals surface area contributed by atoms with Gasteiger partial charge < -0.3 is 0 Å². The van der Waals surface area contributed by atoms with Crippen LogP contribution in [0.3, 0.4) is 0 Å². The van der Waals surface area contributed by atoms with E-state index in [1.54, 1.807) is 0 Å². The molecule has 1 aliphatic carbocycles. The van der Waals surface area contributed by atoms with Crippen molar-refractivity contribution in [1.82, 2.24) is 9.97 Å². The van der Waals surface area contributed by atoms with Crippen LogP contribution in [0.5, 0.6) is 0 Å². The van der Waals surface area contributed by atoms with E-state index in [4.69, 9.17) is 9.97 Å². The Morgan fingerprint density at radius 3 is 1.29 bits per heavy atom. The quantitative estimate of drug-likeness (QED) is 0.167. The fourth-order valence-electron chi connectivity index (χ4n) is 9.68. The first-order valence-electron chi connectivity index (χ1n) is 21.1. The zero-order valence-electron chi connectivity index (χ0n) is 33.7. The van der Waals surface area contributed by atoms with Gasteiger partial charge in [0.1, 0.15) is 0 Å². The van der Waals surface area contributed by atoms with Gasteiger partial charge in [-0.15, -0.1) is 0 Å². The second-order valence-corrected chi connectivity index (χ2v) is 17.2. The number of rotatable bonds is 6. The maximum absolute atomic E-state index is 5.27. The summed E-state index contributed by atoms with van der Waals surface area (Å²) >= 11 is 1.88. The average molecular weight is 807 g/mol. The molecule has 0 saturated carbocycles. The van der Waals surface area contributed by atoms with E-state index < -0.39 is 5.41 Å². The molecule has 62 heavy (non-hydrogen) atoms. The van der Waals surface area contributed by atoms with Crippen molar-refractivity contribution in [2.24, 2.45) is 0 Å². The molecule has 2 heterocycles. The van der Waals surface area contributed by atoms with Crippen molar-refractivity contribution in [3.05, 3.63) is 253 Å². The lowest BCUT2D eigenvalue weighted by atomic mass is 9.67. The van der Waals surface area contributed by atoms with Crippen LogP contribution in [0.25, 0.3) is 78.4 Å². The minimum absolute atomic E-state index is 0.395. The predicted octanol–water partition coefficient (Wildman–Crippen LogP) is 15.3. The third-order valence-electron chi connectivity index (χ3n) is 12.6. The van der Waals surface area contributed by atoms with Crippen LogP contribution in [0.15, 0.2) is 240 Å². The molecule has 290 valence electrons. The molecular formula is C59H38N2S. The molecule has 0 amide bonds. The summed E-state index contributed by atoms with van der Waals surface area (Å²) in [5.41, 5.74) is 19.5. The van der Waals surface area contributed by atoms with Crippen molar-refractivity contribution in [2.75, 3.05) is 0 Å². The first kappa shape index (κ1) is 36.3. The summed E-state index contributed by atoms with van der Waals surface area (Å²) in [5.74, 6) is 0.693. The Hall–Kier alpha value is -7.59. The van der Waals surface area contributed by atoms with Gasteiger partial charge in [-0.1, -0.05) is 218 Å². The number of aromatic nitrogens is 2. The lowest BCUT2D eigenvalue weighted by Gasteiger charge is -2.39. The lowest BCUT2D eigenvalue weighted by Crippen LogP contribution is -2.31. The van der Waals surface area contributed by atoms with Crippen molar-refractivity contribution < 1.29 is 0 Å². The van der Waals surface area contributed by atoms with Gasteiger partial charge in [-0.3, -0.25) is 0 Å². The molecule has 0 saturated heterocycles. The Morgan fingerprint density at radius 2 is 0.694 bits per heavy atom. The van der Waals surface area contributed by atoms with E-state index in [0.717, 1.165) is 39.2 Å². The predicted molar refractivity (Wildman–Crippen MR) is 256 cm³/mol. The van der Waals surface area contributed by atoms with E-state index in [9.17, 15) is 0 Å². The zero-order chi connectivity index (χ0) is 41.0. The Labute approximate surface area is 366 Å². The molecule has 10 aromatic rings. The standard InChI is InChI=1S/C59H38N2S/c1-3-14-39(15-4-1)41-26-30-43(31-27-41)54-38-55(44-32-28-42(29-33-44)40-16-5-2-6-17-40)61-58(60-54)47-19-13-18-45(36-47)46-34-35-53-57(37-46)62-56-25-12-11-24-52(56)59(53)50-22-9-7-20-48(50)49-21-8-10-23-51(49)59/h1-38H. The van der Waals surface area contributed by atoms with E-state index >= 15 is 0 Å². The van der Waals surface area contributed by atoms with E-state index in [0.29, 0.717) is 5.82 Å². The topological polar surface area (TPSA) is 25.8 Å². The fourth-order valence-corrected chi connectivity index (χ4v) is 10.9. The van der Waals surface area contributed by atoms with Crippen molar-refractivity contribution in [2.45, 2.75) is 15.2 Å². The fraction of sp³-hybridized carbons (Fsp3) is 0.0169. The van der Waals surface area contributed by atoms with Crippen molar-refractivity contribution in [1.29, 1.82) is 0 Å². The number of benzene rings is 9. The normalized spacial score (nSPS) is 12.9. The number of hydrogen-bond acceptors (Lipinski definition) is 3. The zero-order valence-corrected chi connectivity index (χ0v) is 34.6. The molecule has 9 aromatic carbocycles. The van der Waals surface area contributed by atoms with Crippen LogP contribution >= 0.6 is 11.8 Å². The lowest BCUT2D eigenvalue weighted by molar-refractivity contribution is 0.722. The van der Waals surface area contributed by atoms with Crippen molar-refractivity contribution in [3.8, 4) is 78.4 Å². The van der Waals surface area contributed by atoms with E-state index in [-0.39, 0.29) is 0 Å². The molecule has 0 radical (unpaired) electrons. The van der Waals surface area contributed by atoms with Crippen LogP contribution in [0.1, 0.15) is 22.3 Å². The Morgan fingerprint density at radius 1 is 0.274 bits per heavy atom. The van der Waals surface area contributed by atoms with E-state index in [1.165, 1.54) is 65.4 Å². The molecule has 1 aromatic heterocycles. The highest BCUT2D eigenvalue weighted by Gasteiger charge is 2.50. The highest BCUT2D eigenvalue weighted by molar-refractivity contribution is 7.99. The van der Waals surface area contributed by atoms with Gasteiger partial charge in [-0.2, -0.15) is 0 Å². The van der Waals surface area contributed by atoms with Crippen molar-refractivity contribution in [3.63, 3.8) is 0 Å². The van der Waals surface area contributed by atoms with Gasteiger partial charge in [-0.25, -0.2) is 9.97 Å². The molecule has 0 atom stereocenters. The molecule has 2 aliphatic rings. The van der Waals surface area contributed by atoms with E-state index in [1.807, 2.05) is 11.8 Å². The van der Waals surface area contributed by atoms with Gasteiger partial charge >= 0.3 is 0 Å². The summed E-state index contributed by atoms with van der Waals surface area (Å²) in [5, 5.41) is 0. The molecule has 0 fully saturated rings. The summed E-state index contributed by atoms with van der Waals surface area (Å²) in [6.45, 7) is 0.